The molecular weight excluding hydrogens is 470 g/mol. The van der Waals surface area contributed by atoms with Crippen LogP contribution in [0.1, 0.15) is 30.6 Å². The van der Waals surface area contributed by atoms with Gasteiger partial charge in [-0.15, -0.1) is 0 Å². The predicted molar refractivity (Wildman–Crippen MR) is 118 cm³/mol. The lowest BCUT2D eigenvalue weighted by Crippen LogP contribution is -2.54. The highest BCUT2D eigenvalue weighted by Gasteiger charge is 2.42. The second-order valence-corrected chi connectivity index (χ2v) is 8.04. The Kier molecular flexibility index (Phi) is 8.61. The van der Waals surface area contributed by atoms with E-state index in [1.165, 1.54) is 24.3 Å². The first-order chi connectivity index (χ1) is 14.7. The Balaban J connectivity index is 2.06. The lowest BCUT2D eigenvalue weighted by Gasteiger charge is -2.29. The van der Waals surface area contributed by atoms with Crippen molar-refractivity contribution in [1.29, 1.82) is 0 Å². The van der Waals surface area contributed by atoms with Gasteiger partial charge in [0.25, 0.3) is 5.91 Å². The molecule has 0 aromatic heterocycles. The monoisotopic (exact) mass is 492 g/mol. The highest BCUT2D eigenvalue weighted by atomic mass is 79.9. The molecule has 1 atom stereocenters. The van der Waals surface area contributed by atoms with E-state index < -0.39 is 36.7 Å². The first-order valence-electron chi connectivity index (χ1n) is 9.55. The van der Waals surface area contributed by atoms with Crippen molar-refractivity contribution in [3.05, 3.63) is 70.7 Å². The minimum absolute atomic E-state index is 0.0637. The maximum Gasteiger partial charge on any atom is 0.620 e. The summed E-state index contributed by atoms with van der Waals surface area (Å²) < 4.78 is 24.8. The lowest BCUT2D eigenvalue weighted by atomic mass is 9.72. The highest BCUT2D eigenvalue weighted by molar-refractivity contribution is 9.10. The van der Waals surface area contributed by atoms with E-state index in [4.69, 9.17) is 9.31 Å². The van der Waals surface area contributed by atoms with Crippen molar-refractivity contribution in [3.8, 4) is 0 Å². The van der Waals surface area contributed by atoms with E-state index in [1.807, 2.05) is 13.8 Å². The number of amides is 2. The molecule has 0 unspecified atom stereocenters. The topological polar surface area (TPSA) is 93.7 Å². The van der Waals surface area contributed by atoms with E-state index in [-0.39, 0.29) is 29.4 Å². The number of hydrogen-bond acceptors (Lipinski definition) is 5. The second kappa shape index (κ2) is 10.9. The predicted octanol–water partition coefficient (Wildman–Crippen LogP) is 3.08. The van der Waals surface area contributed by atoms with Gasteiger partial charge >= 0.3 is 13.1 Å². The number of benzene rings is 1. The van der Waals surface area contributed by atoms with Gasteiger partial charge < -0.3 is 19.9 Å². The molecule has 1 aliphatic rings. The molecule has 0 aliphatic carbocycles. The van der Waals surface area contributed by atoms with Gasteiger partial charge in [0.2, 0.25) is 5.91 Å². The fourth-order valence-electron chi connectivity index (χ4n) is 2.92. The quantitative estimate of drug-likeness (QED) is 0.516. The van der Waals surface area contributed by atoms with Crippen LogP contribution in [0.25, 0.3) is 0 Å². The van der Waals surface area contributed by atoms with Gasteiger partial charge in [-0.1, -0.05) is 33.1 Å². The van der Waals surface area contributed by atoms with Gasteiger partial charge in [-0.2, -0.15) is 0 Å². The molecule has 1 aliphatic heterocycles. The Morgan fingerprint density at radius 3 is 2.58 bits per heavy atom. The molecule has 1 heterocycles. The largest absolute Gasteiger partial charge is 0.620 e. The number of hydrogen-bond donors (Lipinski definition) is 2. The first kappa shape index (κ1) is 24.4. The average molecular weight is 493 g/mol. The summed E-state index contributed by atoms with van der Waals surface area (Å²) in [5.74, 6) is -2.66. The molecular formula is C21H23BBrFN2O5. The lowest BCUT2D eigenvalue weighted by molar-refractivity contribution is -0.133. The number of allylic oxidation sites excluding steroid dienone is 1. The number of rotatable bonds is 9. The van der Waals surface area contributed by atoms with Crippen LogP contribution in [0.3, 0.4) is 0 Å². The van der Waals surface area contributed by atoms with Gasteiger partial charge in [0.05, 0.1) is 23.6 Å². The zero-order chi connectivity index (χ0) is 23.1. The zero-order valence-electron chi connectivity index (χ0n) is 17.2. The molecule has 0 radical (unpaired) electrons. The van der Waals surface area contributed by atoms with Gasteiger partial charge in [-0.25, -0.2) is 9.18 Å². The van der Waals surface area contributed by atoms with Crippen LogP contribution in [-0.4, -0.2) is 37.4 Å². The van der Waals surface area contributed by atoms with Crippen LogP contribution >= 0.6 is 15.9 Å². The molecule has 31 heavy (non-hydrogen) atoms. The summed E-state index contributed by atoms with van der Waals surface area (Å²) >= 11 is 3.17. The Labute approximate surface area is 189 Å². The molecule has 2 N–H and O–H groups in total. The molecule has 0 saturated carbocycles. The van der Waals surface area contributed by atoms with Gasteiger partial charge in [-0.05, 0) is 52.5 Å². The Bertz CT molecular complexity index is 934. The van der Waals surface area contributed by atoms with Crippen LogP contribution in [0.4, 0.5) is 4.39 Å². The standard InChI is InChI=1S/C21H23BBrFN2O5/c1-5-14-17(6-2)30-22(31-21(14)29)18(9-12(3)4)26-19(27)11-25-20(28)15-10-13(24)7-8-16(15)23/h5-8,10,12,18H,1-2,9,11H2,3-4H3,(H,25,28)(H,26,27)/t18-/m0/s1. The molecule has 1 aromatic carbocycles. The van der Waals surface area contributed by atoms with Crippen molar-refractivity contribution in [2.75, 3.05) is 6.54 Å². The van der Waals surface area contributed by atoms with Crippen molar-refractivity contribution in [2.24, 2.45) is 5.92 Å². The number of halogens is 2. The number of carbonyl (C=O) groups is 3. The van der Waals surface area contributed by atoms with Gasteiger partial charge in [0.15, 0.2) is 0 Å². The third-order valence-electron chi connectivity index (χ3n) is 4.32. The minimum atomic E-state index is -1.07. The second-order valence-electron chi connectivity index (χ2n) is 7.19. The Morgan fingerprint density at radius 2 is 1.97 bits per heavy atom. The maximum absolute atomic E-state index is 13.4. The summed E-state index contributed by atoms with van der Waals surface area (Å²) in [4.78, 5) is 37.0. The Morgan fingerprint density at radius 1 is 1.26 bits per heavy atom. The molecule has 10 heteroatoms. The summed E-state index contributed by atoms with van der Waals surface area (Å²) in [5.41, 5.74) is 0.211. The molecule has 164 valence electrons. The van der Waals surface area contributed by atoms with Crippen LogP contribution in [-0.2, 0) is 18.9 Å². The third-order valence-corrected chi connectivity index (χ3v) is 5.02. The van der Waals surface area contributed by atoms with Crippen LogP contribution in [0.5, 0.6) is 0 Å². The molecule has 1 aromatic rings. The van der Waals surface area contributed by atoms with Crippen LogP contribution in [0, 0.1) is 11.7 Å². The molecule has 0 bridgehead atoms. The average Bonchev–Trinajstić information content (AvgIpc) is 2.72. The van der Waals surface area contributed by atoms with Crippen molar-refractivity contribution in [3.63, 3.8) is 0 Å². The normalized spacial score (nSPS) is 14.5. The fraction of sp³-hybridized carbons (Fsp3) is 0.286. The summed E-state index contributed by atoms with van der Waals surface area (Å²) in [6.45, 7) is 10.7. The van der Waals surface area contributed by atoms with Crippen molar-refractivity contribution >= 4 is 40.8 Å². The van der Waals surface area contributed by atoms with Crippen LogP contribution in [0.15, 0.2) is 59.3 Å². The SMILES string of the molecule is C=CC1=C(C=C)C(=O)OB([C@H](CC(C)C)NC(=O)CNC(=O)c2cc(F)ccc2Br)O1. The van der Waals surface area contributed by atoms with Gasteiger partial charge in [-0.3, -0.25) is 9.59 Å². The van der Waals surface area contributed by atoms with E-state index in [0.717, 1.165) is 6.07 Å². The fourth-order valence-corrected chi connectivity index (χ4v) is 3.35. The van der Waals surface area contributed by atoms with Gasteiger partial charge in [0.1, 0.15) is 11.6 Å². The highest BCUT2D eigenvalue weighted by Crippen LogP contribution is 2.22. The molecule has 0 saturated heterocycles. The van der Waals surface area contributed by atoms with E-state index in [0.29, 0.717) is 10.9 Å². The van der Waals surface area contributed by atoms with E-state index >= 15 is 0 Å². The summed E-state index contributed by atoms with van der Waals surface area (Å²) in [6, 6.07) is 3.67. The molecule has 0 spiro atoms. The van der Waals surface area contributed by atoms with E-state index in [9.17, 15) is 18.8 Å². The van der Waals surface area contributed by atoms with Crippen LogP contribution < -0.4 is 10.6 Å². The van der Waals surface area contributed by atoms with Crippen LogP contribution in [0.2, 0.25) is 0 Å². The summed E-state index contributed by atoms with van der Waals surface area (Å²) in [5, 5.41) is 5.16. The minimum Gasteiger partial charge on any atom is -0.524 e. The molecule has 2 amide bonds. The first-order valence-corrected chi connectivity index (χ1v) is 10.3. The zero-order valence-corrected chi connectivity index (χ0v) is 18.8. The van der Waals surface area contributed by atoms with E-state index in [1.54, 1.807) is 0 Å². The van der Waals surface area contributed by atoms with Gasteiger partial charge in [0, 0.05) is 4.47 Å². The Hall–Kier alpha value is -2.88. The number of nitrogens with one attached hydrogen (secondary N) is 2. The molecule has 0 fully saturated rings. The molecule has 2 rings (SSSR count). The number of carbonyl (C=O) groups excluding carboxylic acids is 3. The molecule has 7 nitrogen and oxygen atoms in total. The third kappa shape index (κ3) is 6.55. The smallest absolute Gasteiger partial charge is 0.524 e. The van der Waals surface area contributed by atoms with E-state index in [2.05, 4.69) is 39.7 Å². The maximum atomic E-state index is 13.4. The summed E-state index contributed by atoms with van der Waals surface area (Å²) in [6.07, 6.45) is 3.13. The van der Waals surface area contributed by atoms with Crippen molar-refractivity contribution in [1.82, 2.24) is 10.6 Å². The summed E-state index contributed by atoms with van der Waals surface area (Å²) in [7, 11) is -1.07. The van der Waals surface area contributed by atoms with Crippen molar-refractivity contribution < 1.29 is 28.1 Å². The van der Waals surface area contributed by atoms with Crippen molar-refractivity contribution in [2.45, 2.75) is 26.2 Å².